The molecule has 0 aliphatic carbocycles. The van der Waals surface area contributed by atoms with E-state index < -0.39 is 18.6 Å². The van der Waals surface area contributed by atoms with E-state index in [0.717, 1.165) is 11.1 Å². The molecule has 2 amide bonds. The number of Topliss-reactive ketones (excluding diaryl/α,β-unsaturated/α-hetero) is 1. The van der Waals surface area contributed by atoms with E-state index in [1.165, 1.54) is 0 Å². The number of esters is 1. The molecular weight excluding hydrogens is 396 g/mol. The van der Waals surface area contributed by atoms with Crippen LogP contribution in [0.5, 0.6) is 0 Å². The number of ketones is 1. The molecule has 2 aromatic rings. The Bertz CT molecular complexity index is 1000. The molecule has 0 aromatic heterocycles. The van der Waals surface area contributed by atoms with Crippen molar-refractivity contribution in [2.45, 2.75) is 39.2 Å². The van der Waals surface area contributed by atoms with Crippen LogP contribution < -0.4 is 10.6 Å². The third-order valence-corrected chi connectivity index (χ3v) is 5.28. The topological polar surface area (TPSA) is 102 Å². The molecule has 0 saturated heterocycles. The van der Waals surface area contributed by atoms with E-state index in [1.54, 1.807) is 39.0 Å². The average Bonchev–Trinajstić information content (AvgIpc) is 3.03. The quantitative estimate of drug-likeness (QED) is 0.503. The van der Waals surface area contributed by atoms with Gasteiger partial charge in [-0.3, -0.25) is 14.4 Å². The highest BCUT2D eigenvalue weighted by Gasteiger charge is 2.29. The van der Waals surface area contributed by atoms with Gasteiger partial charge >= 0.3 is 5.97 Å². The number of amides is 2. The molecule has 7 nitrogen and oxygen atoms in total. The van der Waals surface area contributed by atoms with Crippen molar-refractivity contribution in [3.05, 3.63) is 65.2 Å². The van der Waals surface area contributed by atoms with Crippen molar-refractivity contribution < 1.29 is 23.9 Å². The highest BCUT2D eigenvalue weighted by atomic mass is 16.5. The van der Waals surface area contributed by atoms with E-state index in [1.807, 2.05) is 30.3 Å². The Morgan fingerprint density at radius 1 is 1.10 bits per heavy atom. The van der Waals surface area contributed by atoms with Crippen molar-refractivity contribution in [1.29, 1.82) is 0 Å². The maximum absolute atomic E-state index is 12.5. The first-order chi connectivity index (χ1) is 14.8. The summed E-state index contributed by atoms with van der Waals surface area (Å²) in [5.74, 6) is -1.98. The summed E-state index contributed by atoms with van der Waals surface area (Å²) in [6.45, 7) is 4.91. The Kier molecular flexibility index (Phi) is 6.84. The van der Waals surface area contributed by atoms with Crippen LogP contribution in [0.2, 0.25) is 0 Å². The van der Waals surface area contributed by atoms with Crippen LogP contribution in [0.25, 0.3) is 0 Å². The van der Waals surface area contributed by atoms with Gasteiger partial charge in [0, 0.05) is 11.3 Å². The maximum Gasteiger partial charge on any atom is 0.329 e. The van der Waals surface area contributed by atoms with Crippen molar-refractivity contribution in [2.75, 3.05) is 11.9 Å². The van der Waals surface area contributed by atoms with Gasteiger partial charge in [-0.1, -0.05) is 44.2 Å². The lowest BCUT2D eigenvalue weighted by atomic mass is 9.99. The van der Waals surface area contributed by atoms with Gasteiger partial charge in [-0.25, -0.2) is 4.79 Å². The number of carbonyl (C=O) groups excluding carboxylic acids is 4. The molecular formula is C24H26N2O5. The molecule has 1 aliphatic heterocycles. The van der Waals surface area contributed by atoms with Crippen LogP contribution in [-0.4, -0.2) is 36.2 Å². The van der Waals surface area contributed by atoms with Gasteiger partial charge in [-0.05, 0) is 42.2 Å². The lowest BCUT2D eigenvalue weighted by Crippen LogP contribution is -2.46. The Labute approximate surface area is 181 Å². The highest BCUT2D eigenvalue weighted by Crippen LogP contribution is 2.32. The molecule has 0 radical (unpaired) electrons. The Balaban J connectivity index is 1.58. The molecule has 0 unspecified atom stereocenters. The van der Waals surface area contributed by atoms with E-state index in [9.17, 15) is 19.2 Å². The lowest BCUT2D eigenvalue weighted by Gasteiger charge is -2.20. The van der Waals surface area contributed by atoms with Crippen LogP contribution in [-0.2, 0) is 25.5 Å². The summed E-state index contributed by atoms with van der Waals surface area (Å²) < 4.78 is 5.21. The zero-order valence-corrected chi connectivity index (χ0v) is 17.8. The average molecular weight is 422 g/mol. The molecule has 2 atom stereocenters. The van der Waals surface area contributed by atoms with Crippen molar-refractivity contribution >= 4 is 29.3 Å². The Hall–Kier alpha value is -3.48. The first kappa shape index (κ1) is 22.2. The fraction of sp³-hybridized carbons (Fsp3) is 0.333. The fourth-order valence-electron chi connectivity index (χ4n) is 3.40. The molecule has 2 aromatic carbocycles. The summed E-state index contributed by atoms with van der Waals surface area (Å²) >= 11 is 0. The van der Waals surface area contributed by atoms with E-state index in [4.69, 9.17) is 4.74 Å². The van der Waals surface area contributed by atoms with Gasteiger partial charge in [-0.2, -0.15) is 0 Å². The SMILES string of the molecule is CC(C)[C@H](NC(=O)Cc1ccccc1)C(=O)OCC(=O)c1ccc2c(c1)[C@H](C)C(=O)N2. The van der Waals surface area contributed by atoms with E-state index in [2.05, 4.69) is 10.6 Å². The lowest BCUT2D eigenvalue weighted by molar-refractivity contribution is -0.148. The van der Waals surface area contributed by atoms with Crippen LogP contribution in [0.3, 0.4) is 0 Å². The summed E-state index contributed by atoms with van der Waals surface area (Å²) in [6, 6.07) is 13.3. The standard InChI is InChI=1S/C24H26N2O5/c1-14(2)22(26-21(28)11-16-7-5-4-6-8-16)24(30)31-13-20(27)17-9-10-19-18(12-17)15(3)23(29)25-19/h4-10,12,14-15,22H,11,13H2,1-3H3,(H,25,29)(H,26,28)/t15-,22-/m0/s1. The monoisotopic (exact) mass is 422 g/mol. The van der Waals surface area contributed by atoms with Crippen LogP contribution in [0.15, 0.2) is 48.5 Å². The fourth-order valence-corrected chi connectivity index (χ4v) is 3.40. The van der Waals surface area contributed by atoms with Crippen LogP contribution in [0.1, 0.15) is 48.2 Å². The van der Waals surface area contributed by atoms with Crippen LogP contribution in [0.4, 0.5) is 5.69 Å². The van der Waals surface area contributed by atoms with Crippen molar-refractivity contribution in [3.8, 4) is 0 Å². The number of hydrogen-bond acceptors (Lipinski definition) is 5. The number of carbonyl (C=O) groups is 4. The number of hydrogen-bond donors (Lipinski definition) is 2. The summed E-state index contributed by atoms with van der Waals surface area (Å²) in [5.41, 5.74) is 2.64. The molecule has 1 aliphatic rings. The number of rotatable bonds is 8. The first-order valence-corrected chi connectivity index (χ1v) is 10.2. The summed E-state index contributed by atoms with van der Waals surface area (Å²) in [4.78, 5) is 49.2. The maximum atomic E-state index is 12.5. The number of ether oxygens (including phenoxy) is 1. The molecule has 1 heterocycles. The van der Waals surface area contributed by atoms with Gasteiger partial charge in [0.15, 0.2) is 12.4 Å². The third-order valence-electron chi connectivity index (χ3n) is 5.28. The summed E-state index contributed by atoms with van der Waals surface area (Å²) in [5, 5.41) is 5.45. The van der Waals surface area contributed by atoms with Gasteiger partial charge in [0.25, 0.3) is 0 Å². The molecule has 162 valence electrons. The van der Waals surface area contributed by atoms with Gasteiger partial charge in [0.2, 0.25) is 11.8 Å². The smallest absolute Gasteiger partial charge is 0.329 e. The molecule has 0 saturated carbocycles. The van der Waals surface area contributed by atoms with Crippen molar-refractivity contribution in [2.24, 2.45) is 5.92 Å². The van der Waals surface area contributed by atoms with Gasteiger partial charge in [0.1, 0.15) is 6.04 Å². The number of benzene rings is 2. The highest BCUT2D eigenvalue weighted by molar-refractivity contribution is 6.05. The Morgan fingerprint density at radius 2 is 1.81 bits per heavy atom. The molecule has 31 heavy (non-hydrogen) atoms. The second-order valence-corrected chi connectivity index (χ2v) is 8.00. The minimum atomic E-state index is -0.856. The van der Waals surface area contributed by atoms with Gasteiger partial charge < -0.3 is 15.4 Å². The molecule has 7 heteroatoms. The minimum Gasteiger partial charge on any atom is -0.456 e. The predicted molar refractivity (Wildman–Crippen MR) is 116 cm³/mol. The van der Waals surface area contributed by atoms with E-state index in [0.29, 0.717) is 11.3 Å². The molecule has 0 fully saturated rings. The largest absolute Gasteiger partial charge is 0.456 e. The second kappa shape index (κ2) is 9.55. The predicted octanol–water partition coefficient (Wildman–Crippen LogP) is 2.85. The zero-order valence-electron chi connectivity index (χ0n) is 17.8. The molecule has 0 bridgehead atoms. The molecule has 2 N–H and O–H groups in total. The molecule has 3 rings (SSSR count). The summed E-state index contributed by atoms with van der Waals surface area (Å²) in [7, 11) is 0. The van der Waals surface area contributed by atoms with Crippen LogP contribution in [0, 0.1) is 5.92 Å². The Morgan fingerprint density at radius 3 is 2.48 bits per heavy atom. The second-order valence-electron chi connectivity index (χ2n) is 8.00. The number of anilines is 1. The number of fused-ring (bicyclic) bond motifs is 1. The van der Waals surface area contributed by atoms with Gasteiger partial charge in [-0.15, -0.1) is 0 Å². The van der Waals surface area contributed by atoms with Gasteiger partial charge in [0.05, 0.1) is 12.3 Å². The number of nitrogens with one attached hydrogen (secondary N) is 2. The third kappa shape index (κ3) is 5.36. The van der Waals surface area contributed by atoms with Crippen molar-refractivity contribution in [1.82, 2.24) is 5.32 Å². The first-order valence-electron chi connectivity index (χ1n) is 10.2. The zero-order chi connectivity index (χ0) is 22.5. The summed E-state index contributed by atoms with van der Waals surface area (Å²) in [6.07, 6.45) is 0.149. The molecule has 0 spiro atoms. The van der Waals surface area contributed by atoms with E-state index >= 15 is 0 Å². The van der Waals surface area contributed by atoms with Crippen molar-refractivity contribution in [3.63, 3.8) is 0 Å². The minimum absolute atomic E-state index is 0.114. The van der Waals surface area contributed by atoms with Crippen LogP contribution >= 0.6 is 0 Å². The van der Waals surface area contributed by atoms with E-state index in [-0.39, 0.29) is 35.9 Å². The normalized spacial score (nSPS) is 15.7.